The highest BCUT2D eigenvalue weighted by Crippen LogP contribution is 2.26. The minimum Gasteiger partial charge on any atom is -0.445 e. The Kier molecular flexibility index (Phi) is 5.12. The molecule has 2 N–H and O–H groups in total. The number of carbonyl (C=O) groups is 2. The van der Waals surface area contributed by atoms with Crippen LogP contribution >= 0.6 is 0 Å². The van der Waals surface area contributed by atoms with E-state index >= 15 is 0 Å². The second-order valence-corrected chi connectivity index (χ2v) is 4.96. The number of hydrogen-bond donors (Lipinski definition) is 2. The van der Waals surface area contributed by atoms with E-state index in [1.807, 2.05) is 30.3 Å². The average Bonchev–Trinajstić information content (AvgIpc) is 2.44. The monoisotopic (exact) mass is 277 g/mol. The van der Waals surface area contributed by atoms with Gasteiger partial charge in [-0.25, -0.2) is 4.79 Å². The molecule has 2 rings (SSSR count). The molecule has 0 saturated heterocycles. The Morgan fingerprint density at radius 3 is 2.75 bits per heavy atom. The number of amides is 1. The van der Waals surface area contributed by atoms with Crippen molar-refractivity contribution in [3.8, 4) is 0 Å². The highest BCUT2D eigenvalue weighted by molar-refractivity contribution is 5.86. The number of rotatable bonds is 6. The van der Waals surface area contributed by atoms with Crippen molar-refractivity contribution in [2.45, 2.75) is 32.0 Å². The number of hydrogen-bond acceptors (Lipinski definition) is 4. The third kappa shape index (κ3) is 4.06. The van der Waals surface area contributed by atoms with Crippen LogP contribution in [0.1, 0.15) is 24.8 Å². The van der Waals surface area contributed by atoms with Gasteiger partial charge in [0, 0.05) is 18.9 Å². The van der Waals surface area contributed by atoms with Gasteiger partial charge in [-0.3, -0.25) is 4.79 Å². The second-order valence-electron chi connectivity index (χ2n) is 4.96. The van der Waals surface area contributed by atoms with Gasteiger partial charge in [0.05, 0.1) is 6.10 Å². The number of alkyl carbamates (subject to hydrolysis) is 1. The second kappa shape index (κ2) is 7.05. The van der Waals surface area contributed by atoms with Gasteiger partial charge in [0.25, 0.3) is 0 Å². The zero-order valence-electron chi connectivity index (χ0n) is 11.2. The smallest absolute Gasteiger partial charge is 0.407 e. The van der Waals surface area contributed by atoms with Gasteiger partial charge in [-0.15, -0.1) is 0 Å². The van der Waals surface area contributed by atoms with Crippen LogP contribution in [0.4, 0.5) is 4.79 Å². The molecule has 108 valence electrons. The summed E-state index contributed by atoms with van der Waals surface area (Å²) in [6.45, 7) is 0.523. The molecule has 5 heteroatoms. The van der Waals surface area contributed by atoms with Crippen molar-refractivity contribution < 1.29 is 19.4 Å². The summed E-state index contributed by atoms with van der Waals surface area (Å²) < 4.78 is 5.03. The Hall–Kier alpha value is -1.88. The highest BCUT2D eigenvalue weighted by atomic mass is 16.5. The molecule has 0 radical (unpaired) electrons. The maximum atomic E-state index is 11.4. The van der Waals surface area contributed by atoms with Crippen molar-refractivity contribution in [1.29, 1.82) is 0 Å². The van der Waals surface area contributed by atoms with Crippen molar-refractivity contribution in [1.82, 2.24) is 5.32 Å². The molecule has 0 heterocycles. The summed E-state index contributed by atoms with van der Waals surface area (Å²) in [6.07, 6.45) is 0.510. The van der Waals surface area contributed by atoms with E-state index in [-0.39, 0.29) is 18.3 Å². The normalized spacial score (nSPS) is 19.1. The van der Waals surface area contributed by atoms with E-state index in [4.69, 9.17) is 4.74 Å². The highest BCUT2D eigenvalue weighted by Gasteiger charge is 2.33. The van der Waals surface area contributed by atoms with Gasteiger partial charge in [-0.05, 0) is 18.4 Å². The quantitative estimate of drug-likeness (QED) is 0.829. The van der Waals surface area contributed by atoms with E-state index < -0.39 is 12.2 Å². The topological polar surface area (TPSA) is 75.6 Å². The predicted octanol–water partition coefficient (Wildman–Crippen LogP) is 1.64. The maximum Gasteiger partial charge on any atom is 0.407 e. The minimum atomic E-state index is -0.661. The van der Waals surface area contributed by atoms with E-state index in [1.54, 1.807) is 0 Å². The Bertz CT molecular complexity index is 460. The third-order valence-electron chi connectivity index (χ3n) is 3.50. The molecule has 0 spiro atoms. The van der Waals surface area contributed by atoms with Crippen LogP contribution in [-0.2, 0) is 16.1 Å². The molecule has 1 fully saturated rings. The van der Waals surface area contributed by atoms with E-state index in [9.17, 15) is 14.7 Å². The van der Waals surface area contributed by atoms with Crippen molar-refractivity contribution in [3.05, 3.63) is 35.9 Å². The summed E-state index contributed by atoms with van der Waals surface area (Å²) in [5.74, 6) is -0.124. The van der Waals surface area contributed by atoms with E-state index in [2.05, 4.69) is 5.32 Å². The van der Waals surface area contributed by atoms with Crippen LogP contribution in [-0.4, -0.2) is 29.6 Å². The van der Waals surface area contributed by atoms with E-state index in [0.717, 1.165) is 12.0 Å². The summed E-state index contributed by atoms with van der Waals surface area (Å²) >= 11 is 0. The Morgan fingerprint density at radius 2 is 2.15 bits per heavy atom. The molecule has 0 aromatic heterocycles. The molecular formula is C15H19NO4. The molecule has 1 aromatic carbocycles. The van der Waals surface area contributed by atoms with Crippen LogP contribution in [0.5, 0.6) is 0 Å². The fourth-order valence-corrected chi connectivity index (χ4v) is 2.13. The first-order chi connectivity index (χ1) is 9.66. The first kappa shape index (κ1) is 14.5. The molecule has 0 aliphatic heterocycles. The molecule has 0 bridgehead atoms. The number of nitrogens with one attached hydrogen (secondary N) is 1. The first-order valence-corrected chi connectivity index (χ1v) is 6.82. The molecule has 1 saturated carbocycles. The SMILES string of the molecule is O=C(NCCC(O)[C@H]1CCC1=O)OCc1ccccc1. The van der Waals surface area contributed by atoms with Gasteiger partial charge in [0.15, 0.2) is 0 Å². The molecule has 1 aliphatic carbocycles. The van der Waals surface area contributed by atoms with Gasteiger partial charge in [0.2, 0.25) is 0 Å². The van der Waals surface area contributed by atoms with Crippen LogP contribution in [0, 0.1) is 5.92 Å². The van der Waals surface area contributed by atoms with Crippen LogP contribution in [0.25, 0.3) is 0 Å². The lowest BCUT2D eigenvalue weighted by molar-refractivity contribution is -0.134. The number of aliphatic hydroxyl groups is 1. The number of Topliss-reactive ketones (excluding diaryl/α,β-unsaturated/α-hetero) is 1. The largest absolute Gasteiger partial charge is 0.445 e. The minimum absolute atomic E-state index is 0.115. The number of benzene rings is 1. The van der Waals surface area contributed by atoms with Crippen molar-refractivity contribution in [3.63, 3.8) is 0 Å². The van der Waals surface area contributed by atoms with Crippen molar-refractivity contribution >= 4 is 11.9 Å². The Labute approximate surface area is 117 Å². The molecular weight excluding hydrogens is 258 g/mol. The van der Waals surface area contributed by atoms with Gasteiger partial charge in [-0.2, -0.15) is 0 Å². The maximum absolute atomic E-state index is 11.4. The summed E-state index contributed by atoms with van der Waals surface area (Å²) in [6, 6.07) is 9.40. The van der Waals surface area contributed by atoms with E-state index in [1.165, 1.54) is 0 Å². The summed E-state index contributed by atoms with van der Waals surface area (Å²) in [7, 11) is 0. The molecule has 1 aliphatic rings. The Morgan fingerprint density at radius 1 is 1.40 bits per heavy atom. The zero-order valence-corrected chi connectivity index (χ0v) is 11.2. The lowest BCUT2D eigenvalue weighted by Crippen LogP contribution is -2.38. The average molecular weight is 277 g/mol. The first-order valence-electron chi connectivity index (χ1n) is 6.82. The fraction of sp³-hybridized carbons (Fsp3) is 0.467. The molecule has 5 nitrogen and oxygen atoms in total. The summed E-state index contributed by atoms with van der Waals surface area (Å²) in [4.78, 5) is 22.6. The molecule has 20 heavy (non-hydrogen) atoms. The third-order valence-corrected chi connectivity index (χ3v) is 3.50. The Balaban J connectivity index is 1.59. The molecule has 1 amide bonds. The van der Waals surface area contributed by atoms with Gasteiger partial charge < -0.3 is 15.2 Å². The number of carbonyl (C=O) groups excluding carboxylic acids is 2. The molecule has 1 unspecified atom stereocenters. The zero-order chi connectivity index (χ0) is 14.4. The van der Waals surface area contributed by atoms with Gasteiger partial charge >= 0.3 is 6.09 Å². The molecule has 1 aromatic rings. The summed E-state index contributed by atoms with van der Waals surface area (Å²) in [5.41, 5.74) is 0.919. The number of ketones is 1. The van der Waals surface area contributed by atoms with Crippen LogP contribution in [0.15, 0.2) is 30.3 Å². The lowest BCUT2D eigenvalue weighted by atomic mass is 9.79. The lowest BCUT2D eigenvalue weighted by Gasteiger charge is -2.28. The van der Waals surface area contributed by atoms with Crippen molar-refractivity contribution in [2.24, 2.45) is 5.92 Å². The van der Waals surface area contributed by atoms with Gasteiger partial charge in [0.1, 0.15) is 12.4 Å². The van der Waals surface area contributed by atoms with Crippen molar-refractivity contribution in [2.75, 3.05) is 6.54 Å². The van der Waals surface area contributed by atoms with Crippen LogP contribution < -0.4 is 5.32 Å². The van der Waals surface area contributed by atoms with Gasteiger partial charge in [-0.1, -0.05) is 30.3 Å². The standard InChI is InChI=1S/C15H19NO4/c17-13-7-6-12(13)14(18)8-9-16-15(19)20-10-11-4-2-1-3-5-11/h1-5,12,14,18H,6-10H2,(H,16,19)/t12-,14?/m0/s1. The van der Waals surface area contributed by atoms with Crippen LogP contribution in [0.2, 0.25) is 0 Å². The molecule has 2 atom stereocenters. The predicted molar refractivity (Wildman–Crippen MR) is 73.0 cm³/mol. The fourth-order valence-electron chi connectivity index (χ4n) is 2.13. The number of ether oxygens (including phenoxy) is 1. The van der Waals surface area contributed by atoms with E-state index in [0.29, 0.717) is 19.4 Å². The summed E-state index contributed by atoms with van der Waals surface area (Å²) in [5, 5.41) is 12.3. The number of aliphatic hydroxyl groups excluding tert-OH is 1. The van der Waals surface area contributed by atoms with Crippen LogP contribution in [0.3, 0.4) is 0 Å².